The zero-order valence-electron chi connectivity index (χ0n) is 15.1. The highest BCUT2D eigenvalue weighted by atomic mass is 79.9. The smallest absolute Gasteiger partial charge is 0.267 e. The molecule has 27 heavy (non-hydrogen) atoms. The van der Waals surface area contributed by atoms with Gasteiger partial charge in [-0.2, -0.15) is 5.26 Å². The fourth-order valence-corrected chi connectivity index (χ4v) is 4.72. The maximum atomic E-state index is 12.5. The minimum absolute atomic E-state index is 0.107. The predicted octanol–water partition coefficient (Wildman–Crippen LogP) is 4.98. The Balaban J connectivity index is 2.21. The second-order valence-corrected chi connectivity index (χ2v) is 7.71. The third kappa shape index (κ3) is 3.64. The monoisotopic (exact) mass is 444 g/mol. The van der Waals surface area contributed by atoms with E-state index >= 15 is 0 Å². The van der Waals surface area contributed by atoms with Crippen molar-refractivity contribution in [2.24, 2.45) is 0 Å². The van der Waals surface area contributed by atoms with Crippen LogP contribution in [-0.2, 0) is 6.42 Å². The molecule has 7 heteroatoms. The number of thiophene rings is 1. The molecule has 0 amide bonds. The summed E-state index contributed by atoms with van der Waals surface area (Å²) in [5, 5.41) is 9.49. The largest absolute Gasteiger partial charge is 0.493 e. The number of aromatic amines is 1. The number of hydrogen-bond donors (Lipinski definition) is 1. The zero-order chi connectivity index (χ0) is 19.6. The van der Waals surface area contributed by atoms with Gasteiger partial charge in [0.05, 0.1) is 14.2 Å². The van der Waals surface area contributed by atoms with Gasteiger partial charge in [0, 0.05) is 31.0 Å². The molecule has 0 saturated heterocycles. The molecule has 3 aromatic rings. The lowest BCUT2D eigenvalue weighted by Crippen LogP contribution is -2.12. The molecule has 0 atom stereocenters. The number of nitrogens with zero attached hydrogens (tertiary/aromatic N) is 1. The van der Waals surface area contributed by atoms with Gasteiger partial charge in [0.15, 0.2) is 11.5 Å². The van der Waals surface area contributed by atoms with Crippen LogP contribution < -0.4 is 15.0 Å². The fourth-order valence-electron chi connectivity index (χ4n) is 2.80. The minimum Gasteiger partial charge on any atom is -0.493 e. The summed E-state index contributed by atoms with van der Waals surface area (Å²) >= 11 is 5.12. The molecule has 0 radical (unpaired) electrons. The first-order chi connectivity index (χ1) is 13.0. The summed E-state index contributed by atoms with van der Waals surface area (Å²) in [6, 6.07) is 11.2. The lowest BCUT2D eigenvalue weighted by molar-refractivity contribution is 0.355. The quantitative estimate of drug-likeness (QED) is 0.601. The number of rotatable bonds is 5. The van der Waals surface area contributed by atoms with Crippen molar-refractivity contribution in [3.05, 3.63) is 55.6 Å². The van der Waals surface area contributed by atoms with Gasteiger partial charge >= 0.3 is 0 Å². The lowest BCUT2D eigenvalue weighted by Gasteiger charge is -2.11. The van der Waals surface area contributed by atoms with Gasteiger partial charge in [-0.05, 0) is 52.7 Å². The number of aryl methyl sites for hydroxylation is 1. The van der Waals surface area contributed by atoms with Crippen LogP contribution in [0, 0.1) is 11.3 Å². The van der Waals surface area contributed by atoms with Crippen molar-refractivity contribution in [2.45, 2.75) is 13.3 Å². The van der Waals surface area contributed by atoms with Gasteiger partial charge in [0.1, 0.15) is 11.6 Å². The number of nitriles is 1. The first-order valence-electron chi connectivity index (χ1n) is 8.20. The Morgan fingerprint density at radius 1 is 1.19 bits per heavy atom. The molecule has 0 aliphatic rings. The Morgan fingerprint density at radius 3 is 2.52 bits per heavy atom. The second-order valence-electron chi connectivity index (χ2n) is 5.72. The van der Waals surface area contributed by atoms with Gasteiger partial charge in [-0.15, -0.1) is 11.3 Å². The van der Waals surface area contributed by atoms with E-state index in [1.165, 1.54) is 4.88 Å². The average molecular weight is 445 g/mol. The van der Waals surface area contributed by atoms with Crippen LogP contribution >= 0.6 is 27.3 Å². The molecule has 0 bridgehead atoms. The highest BCUT2D eigenvalue weighted by Gasteiger charge is 2.16. The molecule has 5 nitrogen and oxygen atoms in total. The average Bonchev–Trinajstić information content (AvgIpc) is 3.07. The molecule has 0 saturated carbocycles. The third-order valence-corrected chi connectivity index (χ3v) is 6.47. The van der Waals surface area contributed by atoms with Gasteiger partial charge in [0.2, 0.25) is 0 Å². The summed E-state index contributed by atoms with van der Waals surface area (Å²) in [6.45, 7) is 2.07. The Bertz CT molecular complexity index is 1100. The summed E-state index contributed by atoms with van der Waals surface area (Å²) in [6.07, 6.45) is 0.874. The molecule has 1 N–H and O–H groups in total. The van der Waals surface area contributed by atoms with E-state index in [1.54, 1.807) is 37.7 Å². The van der Waals surface area contributed by atoms with Crippen LogP contribution in [0.5, 0.6) is 11.5 Å². The Hall–Kier alpha value is -2.56. The van der Waals surface area contributed by atoms with Crippen LogP contribution in [0.3, 0.4) is 0 Å². The summed E-state index contributed by atoms with van der Waals surface area (Å²) in [5.41, 5.74) is 1.69. The van der Waals surface area contributed by atoms with Gasteiger partial charge in [-0.1, -0.05) is 6.92 Å². The number of ether oxygens (including phenoxy) is 2. The van der Waals surface area contributed by atoms with E-state index in [9.17, 15) is 10.1 Å². The van der Waals surface area contributed by atoms with Crippen molar-refractivity contribution in [3.63, 3.8) is 0 Å². The highest BCUT2D eigenvalue weighted by Crippen LogP contribution is 2.38. The van der Waals surface area contributed by atoms with E-state index in [0.717, 1.165) is 21.3 Å². The molecule has 1 aromatic carbocycles. The first kappa shape index (κ1) is 19.2. The molecule has 0 unspecified atom stereocenters. The van der Waals surface area contributed by atoms with Crippen LogP contribution in [0.1, 0.15) is 17.4 Å². The van der Waals surface area contributed by atoms with Gasteiger partial charge in [-0.25, -0.2) is 0 Å². The molecule has 0 fully saturated rings. The van der Waals surface area contributed by atoms with Gasteiger partial charge in [0.25, 0.3) is 5.56 Å². The molecule has 2 aromatic heterocycles. The van der Waals surface area contributed by atoms with Crippen LogP contribution in [0.4, 0.5) is 0 Å². The maximum absolute atomic E-state index is 12.5. The van der Waals surface area contributed by atoms with Crippen LogP contribution in [-0.4, -0.2) is 19.2 Å². The van der Waals surface area contributed by atoms with E-state index in [0.29, 0.717) is 22.8 Å². The number of halogens is 1. The SMILES string of the molecule is CCc1sc(-c2cc(-c3ccc(OC)c(OC)c3)[nH]c(=O)c2C#N)cc1Br. The maximum Gasteiger partial charge on any atom is 0.267 e. The third-order valence-electron chi connectivity index (χ3n) is 4.18. The molecule has 138 valence electrons. The standard InChI is InChI=1S/C20H17BrN2O3S/c1-4-18-14(21)9-19(27-18)12-8-15(23-20(24)13(12)10-22)11-5-6-16(25-2)17(7-11)26-3/h5-9H,4H2,1-3H3,(H,23,24). The van der Waals surface area contributed by atoms with Crippen molar-refractivity contribution < 1.29 is 9.47 Å². The van der Waals surface area contributed by atoms with E-state index < -0.39 is 5.56 Å². The normalized spacial score (nSPS) is 10.5. The van der Waals surface area contributed by atoms with Crippen molar-refractivity contribution in [3.8, 4) is 39.3 Å². The summed E-state index contributed by atoms with van der Waals surface area (Å²) < 4.78 is 11.6. The van der Waals surface area contributed by atoms with E-state index in [2.05, 4.69) is 27.8 Å². The molecule has 2 heterocycles. The number of methoxy groups -OCH3 is 2. The van der Waals surface area contributed by atoms with Crippen LogP contribution in [0.2, 0.25) is 0 Å². The summed E-state index contributed by atoms with van der Waals surface area (Å²) in [7, 11) is 3.13. The van der Waals surface area contributed by atoms with Crippen molar-refractivity contribution in [1.82, 2.24) is 4.98 Å². The summed E-state index contributed by atoms with van der Waals surface area (Å²) in [5.74, 6) is 1.17. The van der Waals surface area contributed by atoms with Crippen molar-refractivity contribution >= 4 is 27.3 Å². The molecule has 3 rings (SSSR count). The number of nitrogens with one attached hydrogen (secondary N) is 1. The van der Waals surface area contributed by atoms with Crippen molar-refractivity contribution in [2.75, 3.05) is 14.2 Å². The number of hydrogen-bond acceptors (Lipinski definition) is 5. The first-order valence-corrected chi connectivity index (χ1v) is 9.81. The van der Waals surface area contributed by atoms with Gasteiger partial charge < -0.3 is 14.5 Å². The Morgan fingerprint density at radius 2 is 1.93 bits per heavy atom. The molecule has 0 aliphatic carbocycles. The minimum atomic E-state index is -0.414. The highest BCUT2D eigenvalue weighted by molar-refractivity contribution is 9.10. The topological polar surface area (TPSA) is 75.1 Å². The Labute approximate surface area is 169 Å². The van der Waals surface area contributed by atoms with Gasteiger partial charge in [-0.3, -0.25) is 4.79 Å². The molecular weight excluding hydrogens is 428 g/mol. The number of pyridine rings is 1. The van der Waals surface area contributed by atoms with E-state index in [-0.39, 0.29) is 5.56 Å². The second kappa shape index (κ2) is 7.99. The molecule has 0 spiro atoms. The van der Waals surface area contributed by atoms with E-state index in [1.807, 2.05) is 24.3 Å². The number of H-pyrrole nitrogens is 1. The predicted molar refractivity (Wildman–Crippen MR) is 111 cm³/mol. The molecular formula is C20H17BrN2O3S. The van der Waals surface area contributed by atoms with Crippen molar-refractivity contribution in [1.29, 1.82) is 5.26 Å². The summed E-state index contributed by atoms with van der Waals surface area (Å²) in [4.78, 5) is 17.4. The van der Waals surface area contributed by atoms with Crippen LogP contribution in [0.15, 0.2) is 39.6 Å². The van der Waals surface area contributed by atoms with E-state index in [4.69, 9.17) is 9.47 Å². The number of benzene rings is 1. The Kier molecular flexibility index (Phi) is 5.68. The zero-order valence-corrected chi connectivity index (χ0v) is 17.5. The fraction of sp³-hybridized carbons (Fsp3) is 0.200. The number of aromatic nitrogens is 1. The lowest BCUT2D eigenvalue weighted by atomic mass is 10.0. The molecule has 0 aliphatic heterocycles. The van der Waals surface area contributed by atoms with Crippen LogP contribution in [0.25, 0.3) is 21.7 Å².